The molecule has 0 radical (unpaired) electrons. The van der Waals surface area contributed by atoms with Gasteiger partial charge >= 0.3 is 18.0 Å². The van der Waals surface area contributed by atoms with Gasteiger partial charge < -0.3 is 30.3 Å². The van der Waals surface area contributed by atoms with Crippen LogP contribution >= 0.6 is 0 Å². The van der Waals surface area contributed by atoms with Gasteiger partial charge in [-0.05, 0) is 60.7 Å². The first-order valence-electron chi connectivity index (χ1n) is 12.2. The largest absolute Gasteiger partial charge is 0.494 e. The standard InChI is InChI=1S/C29H24N6O7/c1-41-25-15-21(34-32-19-7-3-5-17(13-19)27(36)37)9-11-23(25)30-29(40)31-24-12-10-22(16-26(24)42-2)35-33-20-8-4-6-18(14-20)28(38)39/h3-16H,1-2H3,(H,36,37)(H,38,39)(H2,30,31,40). The molecular formula is C29H24N6O7. The van der Waals surface area contributed by atoms with E-state index < -0.39 is 18.0 Å². The minimum Gasteiger partial charge on any atom is -0.494 e. The molecule has 0 aromatic heterocycles. The maximum atomic E-state index is 12.8. The number of azo groups is 2. The average molecular weight is 569 g/mol. The second-order valence-electron chi connectivity index (χ2n) is 8.46. The summed E-state index contributed by atoms with van der Waals surface area (Å²) in [7, 11) is 2.87. The predicted octanol–water partition coefficient (Wildman–Crippen LogP) is 7.58. The van der Waals surface area contributed by atoms with E-state index in [1.807, 2.05) is 0 Å². The third-order valence-corrected chi connectivity index (χ3v) is 5.61. The van der Waals surface area contributed by atoms with Crippen molar-refractivity contribution in [3.8, 4) is 11.5 Å². The summed E-state index contributed by atoms with van der Waals surface area (Å²) in [4.78, 5) is 35.1. The lowest BCUT2D eigenvalue weighted by Gasteiger charge is -2.13. The van der Waals surface area contributed by atoms with Crippen LogP contribution in [0.1, 0.15) is 20.7 Å². The maximum absolute atomic E-state index is 12.8. The Hall–Kier alpha value is -6.11. The molecule has 0 aliphatic carbocycles. The van der Waals surface area contributed by atoms with Crippen LogP contribution in [0.4, 0.5) is 38.9 Å². The Kier molecular flexibility index (Phi) is 9.15. The Bertz CT molecular complexity index is 1580. The molecule has 212 valence electrons. The summed E-state index contributed by atoms with van der Waals surface area (Å²) >= 11 is 0. The van der Waals surface area contributed by atoms with Crippen molar-refractivity contribution in [3.63, 3.8) is 0 Å². The van der Waals surface area contributed by atoms with E-state index in [0.717, 1.165) is 0 Å². The topological polar surface area (TPSA) is 184 Å². The summed E-state index contributed by atoms with van der Waals surface area (Å²) in [6.45, 7) is 0. The first-order valence-corrected chi connectivity index (χ1v) is 12.2. The first kappa shape index (κ1) is 28.9. The summed E-state index contributed by atoms with van der Waals surface area (Å²) in [5.41, 5.74) is 2.46. The van der Waals surface area contributed by atoms with Crippen molar-refractivity contribution < 1.29 is 34.1 Å². The van der Waals surface area contributed by atoms with Gasteiger partial charge in [0.2, 0.25) is 0 Å². The van der Waals surface area contributed by atoms with E-state index in [2.05, 4.69) is 31.1 Å². The zero-order valence-electron chi connectivity index (χ0n) is 22.3. The van der Waals surface area contributed by atoms with Gasteiger partial charge in [-0.2, -0.15) is 20.5 Å². The highest BCUT2D eigenvalue weighted by Crippen LogP contribution is 2.33. The van der Waals surface area contributed by atoms with Gasteiger partial charge in [-0.25, -0.2) is 14.4 Å². The number of urea groups is 1. The van der Waals surface area contributed by atoms with E-state index in [0.29, 0.717) is 45.6 Å². The highest BCUT2D eigenvalue weighted by Gasteiger charge is 2.12. The number of amides is 2. The fourth-order valence-corrected chi connectivity index (χ4v) is 3.60. The molecule has 0 saturated carbocycles. The number of benzene rings is 4. The number of nitrogens with one attached hydrogen (secondary N) is 2. The molecule has 4 N–H and O–H groups in total. The van der Waals surface area contributed by atoms with Gasteiger partial charge in [-0.3, -0.25) is 0 Å². The second kappa shape index (κ2) is 13.3. The lowest BCUT2D eigenvalue weighted by molar-refractivity contribution is 0.0686. The molecule has 0 fully saturated rings. The number of carbonyl (C=O) groups excluding carboxylic acids is 1. The number of hydrogen-bond acceptors (Lipinski definition) is 9. The van der Waals surface area contributed by atoms with E-state index in [1.54, 1.807) is 60.7 Å². The molecule has 0 unspecified atom stereocenters. The van der Waals surface area contributed by atoms with Gasteiger partial charge in [0.05, 0.1) is 59.5 Å². The number of methoxy groups -OCH3 is 2. The van der Waals surface area contributed by atoms with Gasteiger partial charge in [0.15, 0.2) is 0 Å². The van der Waals surface area contributed by atoms with E-state index >= 15 is 0 Å². The molecule has 0 atom stereocenters. The van der Waals surface area contributed by atoms with Crippen LogP contribution in [-0.4, -0.2) is 42.4 Å². The van der Waals surface area contributed by atoms with Crippen molar-refractivity contribution in [1.29, 1.82) is 0 Å². The van der Waals surface area contributed by atoms with Crippen LogP contribution < -0.4 is 20.1 Å². The number of aromatic carboxylic acids is 2. The van der Waals surface area contributed by atoms with Crippen LogP contribution in [-0.2, 0) is 0 Å². The second-order valence-corrected chi connectivity index (χ2v) is 8.46. The fourth-order valence-electron chi connectivity index (χ4n) is 3.60. The monoisotopic (exact) mass is 568 g/mol. The molecule has 13 heteroatoms. The van der Waals surface area contributed by atoms with Gasteiger partial charge in [0.1, 0.15) is 11.5 Å². The van der Waals surface area contributed by atoms with Gasteiger partial charge in [0.25, 0.3) is 0 Å². The minimum absolute atomic E-state index is 0.0912. The number of carboxylic acid groups (broad SMARTS) is 2. The average Bonchev–Trinajstić information content (AvgIpc) is 3.00. The molecule has 0 bridgehead atoms. The number of carboxylic acids is 2. The minimum atomic E-state index is -1.07. The molecule has 0 aliphatic rings. The molecule has 4 rings (SSSR count). The number of carbonyl (C=O) groups is 3. The number of hydrogen-bond donors (Lipinski definition) is 4. The van der Waals surface area contributed by atoms with Crippen LogP contribution in [0, 0.1) is 0 Å². The molecule has 4 aromatic carbocycles. The summed E-state index contributed by atoms with van der Waals surface area (Å²) in [5, 5.41) is 40.0. The molecule has 0 spiro atoms. The Morgan fingerprint density at radius 3 is 1.31 bits per heavy atom. The van der Waals surface area contributed by atoms with Crippen molar-refractivity contribution in [2.24, 2.45) is 20.5 Å². The fraction of sp³-hybridized carbons (Fsp3) is 0.0690. The van der Waals surface area contributed by atoms with Crippen LogP contribution in [0.2, 0.25) is 0 Å². The van der Waals surface area contributed by atoms with Crippen molar-refractivity contribution in [1.82, 2.24) is 0 Å². The number of anilines is 2. The third kappa shape index (κ3) is 7.51. The predicted molar refractivity (Wildman–Crippen MR) is 154 cm³/mol. The normalized spacial score (nSPS) is 10.9. The molecule has 2 amide bonds. The van der Waals surface area contributed by atoms with E-state index in [9.17, 15) is 14.4 Å². The van der Waals surface area contributed by atoms with Gasteiger partial charge in [-0.1, -0.05) is 12.1 Å². The molecule has 0 heterocycles. The summed E-state index contributed by atoms with van der Waals surface area (Å²) < 4.78 is 10.8. The summed E-state index contributed by atoms with van der Waals surface area (Å²) in [6.07, 6.45) is 0. The summed E-state index contributed by atoms with van der Waals surface area (Å²) in [6, 6.07) is 21.0. The van der Waals surface area contributed by atoms with Crippen LogP contribution in [0.15, 0.2) is 105 Å². The number of ether oxygens (including phenoxy) is 2. The Morgan fingerprint density at radius 1 is 0.571 bits per heavy atom. The van der Waals surface area contributed by atoms with Crippen molar-refractivity contribution >= 4 is 52.1 Å². The quantitative estimate of drug-likeness (QED) is 0.142. The summed E-state index contributed by atoms with van der Waals surface area (Å²) in [5.74, 6) is -1.50. The van der Waals surface area contributed by atoms with Crippen LogP contribution in [0.25, 0.3) is 0 Å². The molecule has 4 aromatic rings. The van der Waals surface area contributed by atoms with Crippen molar-refractivity contribution in [2.45, 2.75) is 0 Å². The smallest absolute Gasteiger partial charge is 0.335 e. The molecule has 0 aliphatic heterocycles. The first-order chi connectivity index (χ1) is 20.2. The molecule has 42 heavy (non-hydrogen) atoms. The third-order valence-electron chi connectivity index (χ3n) is 5.61. The zero-order chi connectivity index (χ0) is 30.1. The van der Waals surface area contributed by atoms with Crippen molar-refractivity contribution in [3.05, 3.63) is 96.1 Å². The van der Waals surface area contributed by atoms with E-state index in [1.165, 1.54) is 38.5 Å². The van der Waals surface area contributed by atoms with Gasteiger partial charge in [0, 0.05) is 12.1 Å². The number of rotatable bonds is 10. The van der Waals surface area contributed by atoms with Crippen molar-refractivity contribution in [2.75, 3.05) is 24.9 Å². The SMILES string of the molecule is COc1cc(N=Nc2cccc(C(=O)O)c2)ccc1NC(=O)Nc1ccc(N=Nc2cccc(C(=O)O)c2)cc1OC. The Balaban J connectivity index is 1.43. The molecule has 0 saturated heterocycles. The lowest BCUT2D eigenvalue weighted by atomic mass is 10.2. The Morgan fingerprint density at radius 2 is 0.952 bits per heavy atom. The van der Waals surface area contributed by atoms with E-state index in [4.69, 9.17) is 19.7 Å². The number of nitrogens with zero attached hydrogens (tertiary/aromatic N) is 4. The lowest BCUT2D eigenvalue weighted by Crippen LogP contribution is -2.20. The van der Waals surface area contributed by atoms with E-state index in [-0.39, 0.29) is 11.1 Å². The maximum Gasteiger partial charge on any atom is 0.335 e. The zero-order valence-corrected chi connectivity index (χ0v) is 22.3. The molecule has 13 nitrogen and oxygen atoms in total. The van der Waals surface area contributed by atoms with Gasteiger partial charge in [-0.15, -0.1) is 0 Å². The highest BCUT2D eigenvalue weighted by atomic mass is 16.5. The molecular weight excluding hydrogens is 544 g/mol. The van der Waals surface area contributed by atoms with Crippen LogP contribution in [0.3, 0.4) is 0 Å². The van der Waals surface area contributed by atoms with Crippen LogP contribution in [0.5, 0.6) is 11.5 Å². The highest BCUT2D eigenvalue weighted by molar-refractivity contribution is 6.01. The Labute approximate surface area is 239 Å².